The van der Waals surface area contributed by atoms with Crippen LogP contribution >= 0.6 is 0 Å². The van der Waals surface area contributed by atoms with Crippen molar-refractivity contribution in [1.82, 2.24) is 10.0 Å². The molecule has 1 aromatic carbocycles. The minimum Gasteiger partial charge on any atom is -0.503 e. The van der Waals surface area contributed by atoms with Crippen LogP contribution in [0.2, 0.25) is 0 Å². The number of nitrogens with zero attached hydrogens (tertiary/aromatic N) is 1. The molecule has 0 fully saturated rings. The molecule has 9 heteroatoms. The summed E-state index contributed by atoms with van der Waals surface area (Å²) < 4.78 is 20.2. The number of pyridine rings is 1. The minimum absolute atomic E-state index is 0.0873. The summed E-state index contributed by atoms with van der Waals surface area (Å²) in [6, 6.07) is 6.43. The molecule has 0 bridgehead atoms. The van der Waals surface area contributed by atoms with Gasteiger partial charge < -0.3 is 20.2 Å². The van der Waals surface area contributed by atoms with E-state index in [1.807, 2.05) is 0 Å². The zero-order chi connectivity index (χ0) is 16.3. The van der Waals surface area contributed by atoms with Crippen molar-refractivity contribution in [3.63, 3.8) is 0 Å². The predicted octanol–water partition coefficient (Wildman–Crippen LogP) is 0.302. The fraction of sp³-hybridized carbons (Fsp3) is 0.0769. The summed E-state index contributed by atoms with van der Waals surface area (Å²) in [7, 11) is 0. The van der Waals surface area contributed by atoms with Crippen molar-refractivity contribution in [3.05, 3.63) is 58.0 Å². The van der Waals surface area contributed by atoms with Gasteiger partial charge in [-0.15, -0.1) is 0 Å². The quantitative estimate of drug-likeness (QED) is 0.473. The third-order valence-electron chi connectivity index (χ3n) is 2.84. The van der Waals surface area contributed by atoms with Crippen LogP contribution in [0.25, 0.3) is 0 Å². The molecule has 1 atom stereocenters. The number of hydrogen-bond acceptors (Lipinski definition) is 5. The van der Waals surface area contributed by atoms with Gasteiger partial charge in [0.25, 0.3) is 5.91 Å². The first-order valence-electron chi connectivity index (χ1n) is 6.01. The van der Waals surface area contributed by atoms with Gasteiger partial charge >= 0.3 is 0 Å². The highest BCUT2D eigenvalue weighted by Crippen LogP contribution is 2.08. The smallest absolute Gasteiger partial charge is 0.251 e. The van der Waals surface area contributed by atoms with E-state index in [9.17, 15) is 19.0 Å². The van der Waals surface area contributed by atoms with Crippen molar-refractivity contribution in [2.45, 2.75) is 11.4 Å². The molecule has 4 N–H and O–H groups in total. The van der Waals surface area contributed by atoms with E-state index in [2.05, 4.69) is 5.32 Å². The van der Waals surface area contributed by atoms with Gasteiger partial charge in [0.1, 0.15) is 0 Å². The van der Waals surface area contributed by atoms with Crippen LogP contribution in [0.15, 0.2) is 46.2 Å². The van der Waals surface area contributed by atoms with Crippen molar-refractivity contribution in [1.29, 1.82) is 0 Å². The largest absolute Gasteiger partial charge is 0.503 e. The Morgan fingerprint density at radius 1 is 1.27 bits per heavy atom. The van der Waals surface area contributed by atoms with Crippen LogP contribution in [0.4, 0.5) is 0 Å². The molecule has 0 aliphatic heterocycles. The Hall–Kier alpha value is -2.65. The Kier molecular flexibility index (Phi) is 4.59. The molecule has 2 rings (SSSR count). The van der Waals surface area contributed by atoms with Gasteiger partial charge in [-0.25, -0.2) is 4.21 Å². The molecule has 0 aliphatic rings. The number of aromatic nitrogens is 1. The lowest BCUT2D eigenvalue weighted by molar-refractivity contribution is 0.0945. The Bertz CT molecular complexity index is 784. The van der Waals surface area contributed by atoms with Gasteiger partial charge in [-0.2, -0.15) is 4.73 Å². The average molecular weight is 324 g/mol. The number of nitrogens with one attached hydrogen (secondary N) is 1. The van der Waals surface area contributed by atoms with Gasteiger partial charge in [0.05, 0.1) is 23.3 Å². The number of carbonyl (C=O) groups excluding carboxylic acids is 1. The van der Waals surface area contributed by atoms with Crippen molar-refractivity contribution < 1.29 is 23.9 Å². The molecule has 0 radical (unpaired) electrons. The van der Waals surface area contributed by atoms with E-state index in [-0.39, 0.29) is 22.7 Å². The van der Waals surface area contributed by atoms with Gasteiger partial charge in [0.15, 0.2) is 16.8 Å². The molecular formula is C13H12N2O6S. The van der Waals surface area contributed by atoms with Crippen molar-refractivity contribution >= 4 is 17.0 Å². The van der Waals surface area contributed by atoms with Crippen molar-refractivity contribution in [2.75, 3.05) is 0 Å². The van der Waals surface area contributed by atoms with Gasteiger partial charge in [-0.3, -0.25) is 9.59 Å². The fourth-order valence-corrected chi connectivity index (χ4v) is 2.05. The summed E-state index contributed by atoms with van der Waals surface area (Å²) in [6.07, 6.45) is 0.829. The summed E-state index contributed by atoms with van der Waals surface area (Å²) in [5, 5.41) is 21.1. The molecule has 1 unspecified atom stereocenters. The molecule has 116 valence electrons. The normalized spacial score (nSPS) is 11.9. The molecule has 0 aliphatic carbocycles. The first-order chi connectivity index (χ1) is 10.4. The highest BCUT2D eigenvalue weighted by atomic mass is 32.2. The second-order valence-electron chi connectivity index (χ2n) is 4.32. The van der Waals surface area contributed by atoms with Crippen LogP contribution in [0.1, 0.15) is 16.1 Å². The Morgan fingerprint density at radius 2 is 1.91 bits per heavy atom. The number of amides is 1. The van der Waals surface area contributed by atoms with Crippen LogP contribution in [0.5, 0.6) is 5.75 Å². The molecule has 22 heavy (non-hydrogen) atoms. The topological polar surface area (TPSA) is 129 Å². The Labute approximate surface area is 126 Å². The fourth-order valence-electron chi connectivity index (χ4n) is 1.68. The summed E-state index contributed by atoms with van der Waals surface area (Å²) in [6.45, 7) is -0.140. The zero-order valence-corrected chi connectivity index (χ0v) is 11.9. The molecule has 0 saturated carbocycles. The third-order valence-corrected chi connectivity index (χ3v) is 3.51. The predicted molar refractivity (Wildman–Crippen MR) is 76.2 cm³/mol. The summed E-state index contributed by atoms with van der Waals surface area (Å²) in [5.41, 5.74) is -0.339. The molecule has 1 aromatic heterocycles. The molecule has 8 nitrogen and oxygen atoms in total. The van der Waals surface area contributed by atoms with Crippen LogP contribution in [0, 0.1) is 0 Å². The monoisotopic (exact) mass is 324 g/mol. The maximum Gasteiger partial charge on any atom is 0.251 e. The number of hydrogen-bond donors (Lipinski definition) is 4. The van der Waals surface area contributed by atoms with Crippen LogP contribution in [-0.4, -0.2) is 29.7 Å². The Morgan fingerprint density at radius 3 is 2.50 bits per heavy atom. The van der Waals surface area contributed by atoms with Gasteiger partial charge in [-0.1, -0.05) is 0 Å². The zero-order valence-electron chi connectivity index (χ0n) is 11.1. The van der Waals surface area contributed by atoms with Gasteiger partial charge in [0.2, 0.25) is 5.43 Å². The lowest BCUT2D eigenvalue weighted by atomic mass is 10.2. The molecular weight excluding hydrogens is 312 g/mol. The SMILES string of the molecule is O=C(NCc1cc(=O)c(O)cn1O)c1ccc(S(=O)O)cc1. The Balaban J connectivity index is 2.08. The highest BCUT2D eigenvalue weighted by molar-refractivity contribution is 7.79. The lowest BCUT2D eigenvalue weighted by Crippen LogP contribution is -2.25. The van der Waals surface area contributed by atoms with Crippen molar-refractivity contribution in [2.24, 2.45) is 0 Å². The maximum atomic E-state index is 11.9. The minimum atomic E-state index is -2.12. The second kappa shape index (κ2) is 6.41. The van der Waals surface area contributed by atoms with Gasteiger partial charge in [-0.05, 0) is 24.3 Å². The van der Waals surface area contributed by atoms with Crippen LogP contribution < -0.4 is 10.7 Å². The van der Waals surface area contributed by atoms with E-state index in [4.69, 9.17) is 9.66 Å². The van der Waals surface area contributed by atoms with E-state index < -0.39 is 28.2 Å². The average Bonchev–Trinajstić information content (AvgIpc) is 2.49. The first-order valence-corrected chi connectivity index (χ1v) is 7.12. The molecule has 1 heterocycles. The first kappa shape index (κ1) is 15.7. The summed E-state index contributed by atoms with van der Waals surface area (Å²) in [4.78, 5) is 23.3. The summed E-state index contributed by atoms with van der Waals surface area (Å²) >= 11 is -2.12. The van der Waals surface area contributed by atoms with Crippen LogP contribution in [-0.2, 0) is 17.6 Å². The van der Waals surface area contributed by atoms with Crippen molar-refractivity contribution in [3.8, 4) is 5.75 Å². The second-order valence-corrected chi connectivity index (χ2v) is 5.28. The van der Waals surface area contributed by atoms with Gasteiger partial charge in [0, 0.05) is 11.6 Å². The lowest BCUT2D eigenvalue weighted by Gasteiger charge is -2.09. The molecule has 2 aromatic rings. The van der Waals surface area contributed by atoms with E-state index in [0.717, 1.165) is 12.3 Å². The molecule has 1 amide bonds. The van der Waals surface area contributed by atoms with E-state index >= 15 is 0 Å². The van der Waals surface area contributed by atoms with E-state index in [1.165, 1.54) is 24.3 Å². The number of benzene rings is 1. The molecule has 0 saturated heterocycles. The maximum absolute atomic E-state index is 11.9. The number of rotatable bonds is 4. The standard InChI is InChI=1S/C13H12N2O6S/c16-11-5-9(15(19)7-12(11)17)6-14-13(18)8-1-3-10(4-2-8)22(20)21/h1-5,7,17,19H,6H2,(H,14,18)(H,20,21). The molecule has 0 spiro atoms. The number of carbonyl (C=O) groups is 1. The third kappa shape index (κ3) is 3.51. The summed E-state index contributed by atoms with van der Waals surface area (Å²) in [5.74, 6) is -1.10. The number of aromatic hydroxyl groups is 1. The van der Waals surface area contributed by atoms with E-state index in [1.54, 1.807) is 0 Å². The van der Waals surface area contributed by atoms with Crippen LogP contribution in [0.3, 0.4) is 0 Å². The van der Waals surface area contributed by atoms with E-state index in [0.29, 0.717) is 4.73 Å². The highest BCUT2D eigenvalue weighted by Gasteiger charge is 2.09.